The first-order valence-electron chi connectivity index (χ1n) is 7.01. The molecule has 2 unspecified atom stereocenters. The van der Waals surface area contributed by atoms with E-state index < -0.39 is 6.04 Å². The van der Waals surface area contributed by atoms with Gasteiger partial charge in [0.1, 0.15) is 0 Å². The monoisotopic (exact) mass is 287 g/mol. The number of benzene rings is 1. The third-order valence-corrected chi connectivity index (χ3v) is 4.07. The van der Waals surface area contributed by atoms with Gasteiger partial charge in [-0.05, 0) is 18.1 Å². The van der Waals surface area contributed by atoms with Crippen molar-refractivity contribution in [2.24, 2.45) is 0 Å². The van der Waals surface area contributed by atoms with Crippen LogP contribution in [0.1, 0.15) is 30.9 Å². The lowest BCUT2D eigenvalue weighted by Crippen LogP contribution is -2.52. The first-order chi connectivity index (χ1) is 10.1. The number of nitrogens with one attached hydrogen (secondary N) is 2. The quantitative estimate of drug-likeness (QED) is 0.776. The minimum atomic E-state index is -0.433. The first-order valence-corrected chi connectivity index (χ1v) is 7.01. The molecular weight excluding hydrogens is 270 g/mol. The van der Waals surface area contributed by atoms with Crippen LogP contribution in [-0.2, 0) is 14.4 Å². The van der Waals surface area contributed by atoms with Crippen LogP contribution in [0.5, 0.6) is 0 Å². The average Bonchev–Trinajstić information content (AvgIpc) is 2.47. The summed E-state index contributed by atoms with van der Waals surface area (Å²) in [6, 6.07) is 7.03. The summed E-state index contributed by atoms with van der Waals surface area (Å²) in [6.07, 6.45) is 1.10. The zero-order valence-electron chi connectivity index (χ0n) is 11.8. The van der Waals surface area contributed by atoms with Crippen LogP contribution in [0.3, 0.4) is 0 Å². The van der Waals surface area contributed by atoms with Crippen LogP contribution in [-0.4, -0.2) is 30.8 Å². The molecule has 2 aliphatic rings. The lowest BCUT2D eigenvalue weighted by atomic mass is 9.94. The number of piperidine rings is 1. The van der Waals surface area contributed by atoms with Gasteiger partial charge in [-0.2, -0.15) is 0 Å². The average molecular weight is 287 g/mol. The van der Waals surface area contributed by atoms with Crippen LogP contribution in [0.2, 0.25) is 0 Å². The van der Waals surface area contributed by atoms with Gasteiger partial charge in [-0.3, -0.25) is 25.0 Å². The predicted octanol–water partition coefficient (Wildman–Crippen LogP) is 0.489. The third-order valence-electron chi connectivity index (χ3n) is 4.07. The number of fused-ring (bicyclic) bond motifs is 1. The maximum absolute atomic E-state index is 12.1. The molecule has 110 valence electrons. The molecule has 0 bridgehead atoms. The summed E-state index contributed by atoms with van der Waals surface area (Å²) < 4.78 is 0. The SMILES string of the molecule is CN1C(=O)CC(NC2CCC(=O)NC2=O)c2ccccc21. The van der Waals surface area contributed by atoms with E-state index >= 15 is 0 Å². The summed E-state index contributed by atoms with van der Waals surface area (Å²) in [5.41, 5.74) is 1.86. The minimum absolute atomic E-state index is 0.0125. The highest BCUT2D eigenvalue weighted by Crippen LogP contribution is 2.33. The predicted molar refractivity (Wildman–Crippen MR) is 76.5 cm³/mol. The number of anilines is 1. The van der Waals surface area contributed by atoms with Gasteiger partial charge in [0, 0.05) is 31.6 Å². The lowest BCUT2D eigenvalue weighted by molar-refractivity contribution is -0.135. The Bertz CT molecular complexity index is 614. The molecule has 0 aromatic heterocycles. The van der Waals surface area contributed by atoms with Crippen molar-refractivity contribution >= 4 is 23.4 Å². The molecule has 6 nitrogen and oxygen atoms in total. The Balaban J connectivity index is 1.83. The Morgan fingerprint density at radius 3 is 2.71 bits per heavy atom. The number of hydrogen-bond donors (Lipinski definition) is 2. The summed E-state index contributed by atoms with van der Waals surface area (Å²) in [5.74, 6) is -0.536. The molecule has 21 heavy (non-hydrogen) atoms. The number of carbonyl (C=O) groups is 3. The number of rotatable bonds is 2. The number of amides is 3. The molecule has 2 N–H and O–H groups in total. The molecule has 6 heteroatoms. The van der Waals surface area contributed by atoms with Crippen molar-refractivity contribution in [3.05, 3.63) is 29.8 Å². The number of para-hydroxylation sites is 1. The maximum Gasteiger partial charge on any atom is 0.243 e. The minimum Gasteiger partial charge on any atom is -0.315 e. The molecule has 1 fully saturated rings. The van der Waals surface area contributed by atoms with Crippen molar-refractivity contribution in [1.29, 1.82) is 0 Å². The number of nitrogens with zero attached hydrogens (tertiary/aromatic N) is 1. The molecule has 0 radical (unpaired) electrons. The Kier molecular flexibility index (Phi) is 3.47. The summed E-state index contributed by atoms with van der Waals surface area (Å²) in [7, 11) is 1.75. The van der Waals surface area contributed by atoms with E-state index in [0.29, 0.717) is 19.3 Å². The molecular formula is C15H17N3O3. The Hall–Kier alpha value is -2.21. The van der Waals surface area contributed by atoms with E-state index in [1.807, 2.05) is 24.3 Å². The second-order valence-electron chi connectivity index (χ2n) is 5.44. The zero-order valence-corrected chi connectivity index (χ0v) is 11.8. The smallest absolute Gasteiger partial charge is 0.243 e. The van der Waals surface area contributed by atoms with Gasteiger partial charge in [-0.25, -0.2) is 0 Å². The van der Waals surface area contributed by atoms with E-state index in [-0.39, 0.29) is 23.8 Å². The zero-order chi connectivity index (χ0) is 15.0. The van der Waals surface area contributed by atoms with Crippen molar-refractivity contribution in [2.45, 2.75) is 31.3 Å². The molecule has 2 heterocycles. The number of imide groups is 1. The summed E-state index contributed by atoms with van der Waals surface area (Å²) in [4.78, 5) is 36.7. The Morgan fingerprint density at radius 2 is 1.95 bits per heavy atom. The van der Waals surface area contributed by atoms with Crippen LogP contribution < -0.4 is 15.5 Å². The van der Waals surface area contributed by atoms with E-state index in [9.17, 15) is 14.4 Å². The molecule has 0 aliphatic carbocycles. The normalized spacial score (nSPS) is 25.6. The standard InChI is InChI=1S/C15H17N3O3/c1-18-12-5-3-2-4-9(12)11(8-14(18)20)16-10-6-7-13(19)17-15(10)21/h2-5,10-11,16H,6-8H2,1H3,(H,17,19,21). The van der Waals surface area contributed by atoms with Crippen molar-refractivity contribution in [1.82, 2.24) is 10.6 Å². The van der Waals surface area contributed by atoms with Gasteiger partial charge in [-0.1, -0.05) is 18.2 Å². The van der Waals surface area contributed by atoms with E-state index in [1.54, 1.807) is 11.9 Å². The first kappa shape index (κ1) is 13.8. The summed E-state index contributed by atoms with van der Waals surface area (Å²) in [5, 5.41) is 5.55. The second kappa shape index (κ2) is 5.29. The van der Waals surface area contributed by atoms with Crippen molar-refractivity contribution in [3.8, 4) is 0 Å². The molecule has 0 spiro atoms. The van der Waals surface area contributed by atoms with E-state index in [4.69, 9.17) is 0 Å². The highest BCUT2D eigenvalue weighted by molar-refractivity contribution is 6.00. The largest absolute Gasteiger partial charge is 0.315 e. The highest BCUT2D eigenvalue weighted by atomic mass is 16.2. The van der Waals surface area contributed by atoms with Crippen LogP contribution in [0.15, 0.2) is 24.3 Å². The molecule has 0 saturated carbocycles. The molecule has 3 rings (SSSR count). The number of carbonyl (C=O) groups excluding carboxylic acids is 3. The van der Waals surface area contributed by atoms with Gasteiger partial charge >= 0.3 is 0 Å². The molecule has 2 aliphatic heterocycles. The topological polar surface area (TPSA) is 78.5 Å². The van der Waals surface area contributed by atoms with Crippen LogP contribution in [0.4, 0.5) is 5.69 Å². The van der Waals surface area contributed by atoms with Gasteiger partial charge in [0.2, 0.25) is 17.7 Å². The van der Waals surface area contributed by atoms with Crippen LogP contribution in [0, 0.1) is 0 Å². The third kappa shape index (κ3) is 2.54. The van der Waals surface area contributed by atoms with Crippen LogP contribution >= 0.6 is 0 Å². The maximum atomic E-state index is 12.1. The van der Waals surface area contributed by atoms with Gasteiger partial charge in [0.15, 0.2) is 0 Å². The second-order valence-corrected chi connectivity index (χ2v) is 5.44. The van der Waals surface area contributed by atoms with E-state index in [2.05, 4.69) is 10.6 Å². The fraction of sp³-hybridized carbons (Fsp3) is 0.400. The molecule has 1 saturated heterocycles. The molecule has 1 aromatic carbocycles. The van der Waals surface area contributed by atoms with Crippen molar-refractivity contribution < 1.29 is 14.4 Å². The van der Waals surface area contributed by atoms with E-state index in [1.165, 1.54) is 0 Å². The van der Waals surface area contributed by atoms with Crippen molar-refractivity contribution in [3.63, 3.8) is 0 Å². The Labute approximate surface area is 122 Å². The molecule has 3 amide bonds. The Morgan fingerprint density at radius 1 is 1.19 bits per heavy atom. The lowest BCUT2D eigenvalue weighted by Gasteiger charge is -2.34. The van der Waals surface area contributed by atoms with Crippen LogP contribution in [0.25, 0.3) is 0 Å². The van der Waals surface area contributed by atoms with Gasteiger partial charge in [-0.15, -0.1) is 0 Å². The van der Waals surface area contributed by atoms with Gasteiger partial charge < -0.3 is 4.90 Å². The highest BCUT2D eigenvalue weighted by Gasteiger charge is 2.33. The fourth-order valence-corrected chi connectivity index (χ4v) is 2.89. The van der Waals surface area contributed by atoms with Crippen molar-refractivity contribution in [2.75, 3.05) is 11.9 Å². The summed E-state index contributed by atoms with van der Waals surface area (Å²) in [6.45, 7) is 0. The van der Waals surface area contributed by atoms with Gasteiger partial charge in [0.25, 0.3) is 0 Å². The van der Waals surface area contributed by atoms with Gasteiger partial charge in [0.05, 0.1) is 6.04 Å². The van der Waals surface area contributed by atoms with E-state index in [0.717, 1.165) is 11.3 Å². The summed E-state index contributed by atoms with van der Waals surface area (Å²) >= 11 is 0. The molecule has 1 aromatic rings. The number of hydrogen-bond acceptors (Lipinski definition) is 4. The fourth-order valence-electron chi connectivity index (χ4n) is 2.89. The molecule has 2 atom stereocenters.